The van der Waals surface area contributed by atoms with Crippen LogP contribution in [0.4, 0.5) is 5.69 Å². The molecule has 0 radical (unpaired) electrons. The highest BCUT2D eigenvalue weighted by Crippen LogP contribution is 2.23. The molecule has 0 bridgehead atoms. The molecule has 6 heteroatoms. The Morgan fingerprint density at radius 2 is 2.21 bits per heavy atom. The number of nitro groups is 1. The number of carboxylic acids is 1. The zero-order valence-corrected chi connectivity index (χ0v) is 11.1. The van der Waals surface area contributed by atoms with Crippen LogP contribution in [0, 0.1) is 10.1 Å². The van der Waals surface area contributed by atoms with Gasteiger partial charge in [0.15, 0.2) is 0 Å². The average molecular weight is 266 g/mol. The van der Waals surface area contributed by atoms with E-state index in [-0.39, 0.29) is 18.2 Å². The van der Waals surface area contributed by atoms with Crippen LogP contribution >= 0.6 is 0 Å². The molecule has 0 saturated heterocycles. The van der Waals surface area contributed by atoms with Crippen molar-refractivity contribution in [2.75, 3.05) is 13.1 Å². The summed E-state index contributed by atoms with van der Waals surface area (Å²) >= 11 is 0. The van der Waals surface area contributed by atoms with Crippen LogP contribution in [0.15, 0.2) is 24.3 Å². The van der Waals surface area contributed by atoms with Crippen molar-refractivity contribution in [3.63, 3.8) is 0 Å². The lowest BCUT2D eigenvalue weighted by molar-refractivity contribution is -0.385. The van der Waals surface area contributed by atoms with E-state index >= 15 is 0 Å². The third-order valence-corrected chi connectivity index (χ3v) is 3.13. The Morgan fingerprint density at radius 3 is 2.74 bits per heavy atom. The van der Waals surface area contributed by atoms with Gasteiger partial charge in [0.05, 0.1) is 11.3 Å². The van der Waals surface area contributed by atoms with Crippen LogP contribution in [-0.2, 0) is 4.79 Å². The van der Waals surface area contributed by atoms with Gasteiger partial charge in [-0.1, -0.05) is 19.1 Å². The monoisotopic (exact) mass is 266 g/mol. The molecular formula is C13H18N2O4. The summed E-state index contributed by atoms with van der Waals surface area (Å²) in [6, 6.07) is 6.40. The van der Waals surface area contributed by atoms with Crippen molar-refractivity contribution in [1.29, 1.82) is 0 Å². The molecule has 1 unspecified atom stereocenters. The maximum absolute atomic E-state index is 10.7. The number of non-ortho nitro benzene ring substituents is 1. The molecule has 1 aromatic rings. The maximum atomic E-state index is 10.7. The number of benzene rings is 1. The number of rotatable bonds is 7. The minimum atomic E-state index is -0.843. The zero-order valence-electron chi connectivity index (χ0n) is 11.1. The van der Waals surface area contributed by atoms with Crippen molar-refractivity contribution in [3.8, 4) is 0 Å². The molecule has 0 aromatic heterocycles. The van der Waals surface area contributed by atoms with Crippen LogP contribution < -0.4 is 0 Å². The Morgan fingerprint density at radius 1 is 1.53 bits per heavy atom. The first-order valence-electron chi connectivity index (χ1n) is 6.16. The lowest BCUT2D eigenvalue weighted by atomic mass is 10.1. The minimum Gasteiger partial charge on any atom is -0.481 e. The van der Waals surface area contributed by atoms with Gasteiger partial charge in [-0.3, -0.25) is 19.8 Å². The van der Waals surface area contributed by atoms with Gasteiger partial charge in [-0.05, 0) is 19.0 Å². The molecule has 104 valence electrons. The van der Waals surface area contributed by atoms with Crippen LogP contribution in [-0.4, -0.2) is 34.0 Å². The SMILES string of the molecule is CCN(CCC(=O)O)C(C)c1cccc([N+](=O)[O-])c1. The fraction of sp³-hybridized carbons (Fsp3) is 0.462. The highest BCUT2D eigenvalue weighted by atomic mass is 16.6. The van der Waals surface area contributed by atoms with E-state index in [2.05, 4.69) is 0 Å². The summed E-state index contributed by atoms with van der Waals surface area (Å²) < 4.78 is 0. The standard InChI is InChI=1S/C13H18N2O4/c1-3-14(8-7-13(16)17)10(2)11-5-4-6-12(9-11)15(18)19/h4-6,9-10H,3,7-8H2,1-2H3,(H,16,17). The fourth-order valence-corrected chi connectivity index (χ4v) is 1.97. The molecule has 0 amide bonds. The summed E-state index contributed by atoms with van der Waals surface area (Å²) in [6.07, 6.45) is 0.0626. The number of aliphatic carboxylic acids is 1. The lowest BCUT2D eigenvalue weighted by Gasteiger charge is -2.27. The molecule has 0 aliphatic carbocycles. The second kappa shape index (κ2) is 6.84. The smallest absolute Gasteiger partial charge is 0.304 e. The maximum Gasteiger partial charge on any atom is 0.304 e. The molecule has 1 N–H and O–H groups in total. The Labute approximate surface area is 111 Å². The molecule has 0 saturated carbocycles. The van der Waals surface area contributed by atoms with Gasteiger partial charge in [0.2, 0.25) is 0 Å². The molecule has 0 heterocycles. The molecule has 0 fully saturated rings. The minimum absolute atomic E-state index is 0.0516. The first kappa shape index (κ1) is 15.1. The Kier molecular flexibility index (Phi) is 5.44. The number of hydrogen-bond acceptors (Lipinski definition) is 4. The van der Waals surface area contributed by atoms with Crippen LogP contribution in [0.2, 0.25) is 0 Å². The number of nitro benzene ring substituents is 1. The van der Waals surface area contributed by atoms with E-state index in [0.717, 1.165) is 5.56 Å². The number of nitrogens with zero attached hydrogens (tertiary/aromatic N) is 2. The van der Waals surface area contributed by atoms with Crippen LogP contribution in [0.3, 0.4) is 0 Å². The third-order valence-electron chi connectivity index (χ3n) is 3.13. The Bertz CT molecular complexity index is 462. The summed E-state index contributed by atoms with van der Waals surface area (Å²) in [6.45, 7) is 4.98. The van der Waals surface area contributed by atoms with Gasteiger partial charge in [0.25, 0.3) is 5.69 Å². The molecule has 1 aromatic carbocycles. The molecule has 19 heavy (non-hydrogen) atoms. The number of carbonyl (C=O) groups is 1. The molecular weight excluding hydrogens is 248 g/mol. The Balaban J connectivity index is 2.84. The Hall–Kier alpha value is -1.95. The van der Waals surface area contributed by atoms with Crippen LogP contribution in [0.5, 0.6) is 0 Å². The second-order valence-corrected chi connectivity index (χ2v) is 4.30. The summed E-state index contributed by atoms with van der Waals surface area (Å²) in [4.78, 5) is 22.9. The first-order chi connectivity index (χ1) is 8.95. The fourth-order valence-electron chi connectivity index (χ4n) is 1.97. The average Bonchev–Trinajstić information content (AvgIpc) is 2.39. The molecule has 1 atom stereocenters. The molecule has 0 spiro atoms. The van der Waals surface area contributed by atoms with Gasteiger partial charge in [0.1, 0.15) is 0 Å². The van der Waals surface area contributed by atoms with Gasteiger partial charge in [0, 0.05) is 24.7 Å². The van der Waals surface area contributed by atoms with Gasteiger partial charge < -0.3 is 5.11 Å². The van der Waals surface area contributed by atoms with Crippen molar-refractivity contribution >= 4 is 11.7 Å². The van der Waals surface area contributed by atoms with Crippen LogP contribution in [0.25, 0.3) is 0 Å². The van der Waals surface area contributed by atoms with Gasteiger partial charge in [-0.2, -0.15) is 0 Å². The first-order valence-corrected chi connectivity index (χ1v) is 6.16. The van der Waals surface area contributed by atoms with Crippen molar-refractivity contribution in [2.45, 2.75) is 26.3 Å². The van der Waals surface area contributed by atoms with E-state index in [4.69, 9.17) is 5.11 Å². The quantitative estimate of drug-likeness (QED) is 0.605. The predicted molar refractivity (Wildman–Crippen MR) is 71.0 cm³/mol. The molecule has 0 aliphatic heterocycles. The van der Waals surface area contributed by atoms with E-state index in [9.17, 15) is 14.9 Å². The summed E-state index contributed by atoms with van der Waals surface area (Å²) in [7, 11) is 0. The normalized spacial score (nSPS) is 12.4. The van der Waals surface area contributed by atoms with E-state index in [1.54, 1.807) is 6.07 Å². The van der Waals surface area contributed by atoms with Crippen molar-refractivity contribution < 1.29 is 14.8 Å². The van der Waals surface area contributed by atoms with Gasteiger partial charge in [-0.15, -0.1) is 0 Å². The van der Waals surface area contributed by atoms with E-state index in [1.165, 1.54) is 12.1 Å². The molecule has 6 nitrogen and oxygen atoms in total. The molecule has 0 aliphatic rings. The highest BCUT2D eigenvalue weighted by Gasteiger charge is 2.17. The van der Waals surface area contributed by atoms with Gasteiger partial charge >= 0.3 is 5.97 Å². The summed E-state index contributed by atoms with van der Waals surface area (Å²) in [5.41, 5.74) is 0.875. The third kappa shape index (κ3) is 4.33. The van der Waals surface area contributed by atoms with E-state index in [0.29, 0.717) is 13.1 Å². The van der Waals surface area contributed by atoms with Crippen molar-refractivity contribution in [3.05, 3.63) is 39.9 Å². The highest BCUT2D eigenvalue weighted by molar-refractivity contribution is 5.66. The van der Waals surface area contributed by atoms with Crippen molar-refractivity contribution in [2.24, 2.45) is 0 Å². The second-order valence-electron chi connectivity index (χ2n) is 4.30. The number of carboxylic acid groups (broad SMARTS) is 1. The molecule has 1 rings (SSSR count). The number of hydrogen-bond donors (Lipinski definition) is 1. The topological polar surface area (TPSA) is 83.7 Å². The van der Waals surface area contributed by atoms with Crippen LogP contribution in [0.1, 0.15) is 31.9 Å². The van der Waals surface area contributed by atoms with E-state index in [1.807, 2.05) is 24.8 Å². The largest absolute Gasteiger partial charge is 0.481 e. The summed E-state index contributed by atoms with van der Waals surface area (Å²) in [5, 5.41) is 19.5. The van der Waals surface area contributed by atoms with Gasteiger partial charge in [-0.25, -0.2) is 0 Å². The van der Waals surface area contributed by atoms with E-state index < -0.39 is 10.9 Å². The zero-order chi connectivity index (χ0) is 14.4. The summed E-state index contributed by atoms with van der Waals surface area (Å²) in [5.74, 6) is -0.843. The lowest BCUT2D eigenvalue weighted by Crippen LogP contribution is -2.29. The van der Waals surface area contributed by atoms with Crippen molar-refractivity contribution in [1.82, 2.24) is 4.90 Å². The predicted octanol–water partition coefficient (Wildman–Crippen LogP) is 2.45.